The Labute approximate surface area is 123 Å². The van der Waals surface area contributed by atoms with Crippen LogP contribution in [0.4, 0.5) is 0 Å². The van der Waals surface area contributed by atoms with Crippen LogP contribution in [0.1, 0.15) is 49.2 Å². The Hall–Kier alpha value is -2.10. The molecule has 1 aromatic carbocycles. The molecule has 2 aromatic rings. The summed E-state index contributed by atoms with van der Waals surface area (Å²) in [4.78, 5) is 25.0. The minimum absolute atomic E-state index is 0.0648. The Morgan fingerprint density at radius 1 is 1.48 bits per heavy atom. The van der Waals surface area contributed by atoms with Crippen molar-refractivity contribution in [1.82, 2.24) is 9.88 Å². The molecule has 3 rings (SSSR count). The summed E-state index contributed by atoms with van der Waals surface area (Å²) in [7, 11) is 0. The number of pyridine rings is 1. The average Bonchev–Trinajstić information content (AvgIpc) is 2.79. The largest absolute Gasteiger partial charge is 0.349 e. The first-order valence-electron chi connectivity index (χ1n) is 7.50. The number of para-hydroxylation sites is 1. The summed E-state index contributed by atoms with van der Waals surface area (Å²) in [5.41, 5.74) is 2.24. The van der Waals surface area contributed by atoms with Gasteiger partial charge in [0.15, 0.2) is 0 Å². The molecule has 0 bridgehead atoms. The number of hydrogen-bond donors (Lipinski definition) is 1. The van der Waals surface area contributed by atoms with Gasteiger partial charge < -0.3 is 9.88 Å². The molecule has 2 heterocycles. The van der Waals surface area contributed by atoms with E-state index in [2.05, 4.69) is 22.9 Å². The molecule has 21 heavy (non-hydrogen) atoms. The lowest BCUT2D eigenvalue weighted by atomic mass is 10.1. The van der Waals surface area contributed by atoms with Crippen molar-refractivity contribution in [3.8, 4) is 0 Å². The molecule has 0 saturated carbocycles. The maximum Gasteiger partial charge on any atom is 0.256 e. The van der Waals surface area contributed by atoms with Crippen molar-refractivity contribution >= 4 is 16.8 Å². The van der Waals surface area contributed by atoms with E-state index in [1.165, 1.54) is 5.56 Å². The van der Waals surface area contributed by atoms with Gasteiger partial charge in [0, 0.05) is 23.7 Å². The van der Waals surface area contributed by atoms with Gasteiger partial charge in [-0.25, -0.2) is 0 Å². The highest BCUT2D eigenvalue weighted by Gasteiger charge is 2.24. The molecule has 1 aliphatic heterocycles. The number of hydrogen-bond acceptors (Lipinski definition) is 2. The molecule has 0 aliphatic carbocycles. The molecule has 1 N–H and O–H groups in total. The van der Waals surface area contributed by atoms with Crippen molar-refractivity contribution in [2.75, 3.05) is 0 Å². The fourth-order valence-electron chi connectivity index (χ4n) is 2.98. The Balaban J connectivity index is 2.17. The summed E-state index contributed by atoms with van der Waals surface area (Å²) in [6, 6.07) is 6.12. The second kappa shape index (κ2) is 5.02. The smallest absolute Gasteiger partial charge is 0.256 e. The molecule has 1 aromatic heterocycles. The topological polar surface area (TPSA) is 51.1 Å². The molecule has 0 spiro atoms. The molecule has 1 aliphatic rings. The molecular formula is C17H20N2O2. The fourth-order valence-corrected chi connectivity index (χ4v) is 2.98. The number of carbonyl (C=O) groups is 1. The van der Waals surface area contributed by atoms with E-state index in [0.29, 0.717) is 5.39 Å². The van der Waals surface area contributed by atoms with Gasteiger partial charge in [-0.15, -0.1) is 0 Å². The standard InChI is InChI=1S/C17H20N2O2/c1-4-10(2)18-17(21)14-9-19-11(3)8-12-6-5-7-13(15(12)19)16(14)20/h5-7,9-11H,4,8H2,1-3H3,(H,18,21)/t10-,11-/m1/s1. The van der Waals surface area contributed by atoms with Gasteiger partial charge in [-0.2, -0.15) is 0 Å². The van der Waals surface area contributed by atoms with Crippen LogP contribution in [0.25, 0.3) is 10.9 Å². The number of benzene rings is 1. The highest BCUT2D eigenvalue weighted by molar-refractivity contribution is 5.98. The van der Waals surface area contributed by atoms with E-state index in [4.69, 9.17) is 0 Å². The Morgan fingerprint density at radius 3 is 2.95 bits per heavy atom. The summed E-state index contributed by atoms with van der Waals surface area (Å²) >= 11 is 0. The van der Waals surface area contributed by atoms with E-state index in [1.807, 2.05) is 26.0 Å². The molecule has 0 radical (unpaired) electrons. The van der Waals surface area contributed by atoms with Crippen LogP contribution in [0.2, 0.25) is 0 Å². The number of carbonyl (C=O) groups excluding carboxylic acids is 1. The number of rotatable bonds is 3. The molecule has 0 saturated heterocycles. The zero-order chi connectivity index (χ0) is 15.1. The number of amides is 1. The normalized spacial score (nSPS) is 18.0. The lowest BCUT2D eigenvalue weighted by Gasteiger charge is -2.14. The van der Waals surface area contributed by atoms with Crippen molar-refractivity contribution in [2.24, 2.45) is 0 Å². The van der Waals surface area contributed by atoms with Gasteiger partial charge in [-0.05, 0) is 38.3 Å². The molecule has 4 nitrogen and oxygen atoms in total. The van der Waals surface area contributed by atoms with Crippen molar-refractivity contribution in [1.29, 1.82) is 0 Å². The summed E-state index contributed by atoms with van der Waals surface area (Å²) in [5, 5.41) is 3.53. The number of nitrogens with zero attached hydrogens (tertiary/aromatic N) is 1. The van der Waals surface area contributed by atoms with Crippen molar-refractivity contribution in [2.45, 2.75) is 45.7 Å². The van der Waals surface area contributed by atoms with Crippen molar-refractivity contribution in [3.05, 3.63) is 45.7 Å². The third kappa shape index (κ3) is 2.15. The summed E-state index contributed by atoms with van der Waals surface area (Å²) in [6.07, 6.45) is 3.48. The first kappa shape index (κ1) is 13.9. The van der Waals surface area contributed by atoms with E-state index < -0.39 is 0 Å². The summed E-state index contributed by atoms with van der Waals surface area (Å²) in [5.74, 6) is -0.274. The molecule has 0 unspecified atom stereocenters. The number of aromatic nitrogens is 1. The predicted molar refractivity (Wildman–Crippen MR) is 83.8 cm³/mol. The minimum Gasteiger partial charge on any atom is -0.349 e. The molecule has 4 heteroatoms. The molecule has 1 amide bonds. The third-order valence-corrected chi connectivity index (χ3v) is 4.36. The van der Waals surface area contributed by atoms with Crippen molar-refractivity contribution < 1.29 is 4.79 Å². The number of nitrogens with one attached hydrogen (secondary N) is 1. The van der Waals surface area contributed by atoms with Crippen LogP contribution >= 0.6 is 0 Å². The van der Waals surface area contributed by atoms with E-state index in [-0.39, 0.29) is 29.0 Å². The van der Waals surface area contributed by atoms with Gasteiger partial charge in [-0.1, -0.05) is 19.1 Å². The van der Waals surface area contributed by atoms with Crippen molar-refractivity contribution in [3.63, 3.8) is 0 Å². The van der Waals surface area contributed by atoms with E-state index in [9.17, 15) is 9.59 Å². The van der Waals surface area contributed by atoms with E-state index in [1.54, 1.807) is 6.20 Å². The van der Waals surface area contributed by atoms with Crippen LogP contribution in [0.3, 0.4) is 0 Å². The van der Waals surface area contributed by atoms with E-state index in [0.717, 1.165) is 18.4 Å². The summed E-state index contributed by atoms with van der Waals surface area (Å²) in [6.45, 7) is 6.06. The molecule has 0 fully saturated rings. The second-order valence-electron chi connectivity index (χ2n) is 5.93. The fraction of sp³-hybridized carbons (Fsp3) is 0.412. The first-order chi connectivity index (χ1) is 10.0. The highest BCUT2D eigenvalue weighted by atomic mass is 16.2. The van der Waals surface area contributed by atoms with Crippen LogP contribution < -0.4 is 10.7 Å². The maximum absolute atomic E-state index is 12.6. The Morgan fingerprint density at radius 2 is 2.24 bits per heavy atom. The molecular weight excluding hydrogens is 264 g/mol. The third-order valence-electron chi connectivity index (χ3n) is 4.36. The maximum atomic E-state index is 12.6. The Kier molecular flexibility index (Phi) is 3.32. The van der Waals surface area contributed by atoms with Gasteiger partial charge in [0.25, 0.3) is 5.91 Å². The lowest BCUT2D eigenvalue weighted by Crippen LogP contribution is -2.35. The monoisotopic (exact) mass is 284 g/mol. The van der Waals surface area contributed by atoms with Gasteiger partial charge >= 0.3 is 0 Å². The van der Waals surface area contributed by atoms with Gasteiger partial charge in [-0.3, -0.25) is 9.59 Å². The highest BCUT2D eigenvalue weighted by Crippen LogP contribution is 2.30. The minimum atomic E-state index is -0.274. The molecule has 2 atom stereocenters. The van der Waals surface area contributed by atoms with Gasteiger partial charge in [0.2, 0.25) is 5.43 Å². The van der Waals surface area contributed by atoms with Gasteiger partial charge in [0.05, 0.1) is 5.52 Å². The SMILES string of the molecule is CC[C@@H](C)NC(=O)c1cn2c3c(cccc3c1=O)C[C@H]2C. The predicted octanol–water partition coefficient (Wildman–Crippen LogP) is 2.65. The average molecular weight is 284 g/mol. The second-order valence-corrected chi connectivity index (χ2v) is 5.93. The van der Waals surface area contributed by atoms with E-state index >= 15 is 0 Å². The Bertz CT molecular complexity index is 776. The lowest BCUT2D eigenvalue weighted by molar-refractivity contribution is 0.0937. The van der Waals surface area contributed by atoms with Gasteiger partial charge in [0.1, 0.15) is 5.56 Å². The summed E-state index contributed by atoms with van der Waals surface area (Å²) < 4.78 is 2.07. The zero-order valence-electron chi connectivity index (χ0n) is 12.6. The van der Waals surface area contributed by atoms with Crippen LogP contribution in [0, 0.1) is 0 Å². The zero-order valence-corrected chi connectivity index (χ0v) is 12.6. The van der Waals surface area contributed by atoms with Crippen LogP contribution in [-0.4, -0.2) is 16.5 Å². The quantitative estimate of drug-likeness (QED) is 0.942. The van der Waals surface area contributed by atoms with Crippen LogP contribution in [-0.2, 0) is 6.42 Å². The first-order valence-corrected chi connectivity index (χ1v) is 7.50. The van der Waals surface area contributed by atoms with Crippen LogP contribution in [0.15, 0.2) is 29.2 Å². The molecule has 110 valence electrons. The van der Waals surface area contributed by atoms with Crippen LogP contribution in [0.5, 0.6) is 0 Å².